The number of carboxylic acid groups (broad SMARTS) is 1. The molecule has 5 nitrogen and oxygen atoms in total. The fourth-order valence-corrected chi connectivity index (χ4v) is 2.72. The SMILES string of the molecule is CC1CCCC1CNC(=O)Nc1ccc(F)cc1C(=O)O. The van der Waals surface area contributed by atoms with Crippen molar-refractivity contribution in [1.29, 1.82) is 0 Å². The molecule has 0 radical (unpaired) electrons. The van der Waals surface area contributed by atoms with Crippen LogP contribution in [-0.4, -0.2) is 23.7 Å². The van der Waals surface area contributed by atoms with Gasteiger partial charge in [-0.25, -0.2) is 14.0 Å². The number of benzene rings is 1. The normalized spacial score (nSPS) is 21.0. The van der Waals surface area contributed by atoms with Gasteiger partial charge in [0.1, 0.15) is 5.82 Å². The van der Waals surface area contributed by atoms with E-state index in [1.165, 1.54) is 18.9 Å². The van der Waals surface area contributed by atoms with Crippen LogP contribution in [0.15, 0.2) is 18.2 Å². The summed E-state index contributed by atoms with van der Waals surface area (Å²) in [4.78, 5) is 22.9. The predicted molar refractivity (Wildman–Crippen MR) is 76.9 cm³/mol. The van der Waals surface area contributed by atoms with Gasteiger partial charge in [0.2, 0.25) is 0 Å². The molecule has 1 aromatic rings. The highest BCUT2D eigenvalue weighted by atomic mass is 19.1. The summed E-state index contributed by atoms with van der Waals surface area (Å²) in [5.74, 6) is -0.888. The number of carbonyl (C=O) groups excluding carboxylic acids is 1. The lowest BCUT2D eigenvalue weighted by atomic mass is 9.98. The second-order valence-electron chi connectivity index (χ2n) is 5.50. The fourth-order valence-electron chi connectivity index (χ4n) is 2.72. The number of halogens is 1. The van der Waals surface area contributed by atoms with Crippen LogP contribution in [0.1, 0.15) is 36.5 Å². The van der Waals surface area contributed by atoms with Gasteiger partial charge >= 0.3 is 12.0 Å². The van der Waals surface area contributed by atoms with Crippen molar-refractivity contribution in [2.45, 2.75) is 26.2 Å². The van der Waals surface area contributed by atoms with E-state index in [2.05, 4.69) is 17.6 Å². The van der Waals surface area contributed by atoms with Crippen molar-refractivity contribution >= 4 is 17.7 Å². The largest absolute Gasteiger partial charge is 0.478 e. The number of carbonyl (C=O) groups is 2. The highest BCUT2D eigenvalue weighted by Gasteiger charge is 2.23. The maximum atomic E-state index is 13.0. The van der Waals surface area contributed by atoms with Crippen molar-refractivity contribution in [3.8, 4) is 0 Å². The molecule has 2 atom stereocenters. The smallest absolute Gasteiger partial charge is 0.337 e. The third-order valence-corrected chi connectivity index (χ3v) is 4.02. The maximum Gasteiger partial charge on any atom is 0.337 e. The van der Waals surface area contributed by atoms with Crippen LogP contribution in [0.2, 0.25) is 0 Å². The van der Waals surface area contributed by atoms with E-state index >= 15 is 0 Å². The Labute approximate surface area is 122 Å². The van der Waals surface area contributed by atoms with Gasteiger partial charge in [-0.3, -0.25) is 0 Å². The average molecular weight is 294 g/mol. The van der Waals surface area contributed by atoms with Gasteiger partial charge in [0.15, 0.2) is 0 Å². The summed E-state index contributed by atoms with van der Waals surface area (Å²) in [5, 5.41) is 14.2. The molecule has 1 saturated carbocycles. The standard InChI is InChI=1S/C15H19FN2O3/c1-9-3-2-4-10(9)8-17-15(21)18-13-6-5-11(16)7-12(13)14(19)20/h5-7,9-10H,2-4,8H2,1H3,(H,19,20)(H2,17,18,21). The Bertz CT molecular complexity index is 548. The van der Waals surface area contributed by atoms with Crippen molar-refractivity contribution in [1.82, 2.24) is 5.32 Å². The summed E-state index contributed by atoms with van der Waals surface area (Å²) in [6.45, 7) is 2.73. The molecule has 0 bridgehead atoms. The monoisotopic (exact) mass is 294 g/mol. The number of nitrogens with one attached hydrogen (secondary N) is 2. The molecule has 2 unspecified atom stereocenters. The van der Waals surface area contributed by atoms with Gasteiger partial charge in [0.05, 0.1) is 11.3 Å². The van der Waals surface area contributed by atoms with Crippen LogP contribution < -0.4 is 10.6 Å². The molecule has 0 aromatic heterocycles. The average Bonchev–Trinajstić information content (AvgIpc) is 2.84. The van der Waals surface area contributed by atoms with E-state index in [1.54, 1.807) is 0 Å². The molecule has 2 rings (SSSR count). The Balaban J connectivity index is 1.95. The molecule has 6 heteroatoms. The van der Waals surface area contributed by atoms with Crippen LogP contribution in [0.25, 0.3) is 0 Å². The zero-order valence-corrected chi connectivity index (χ0v) is 11.9. The van der Waals surface area contributed by atoms with Gasteiger partial charge < -0.3 is 15.7 Å². The fraction of sp³-hybridized carbons (Fsp3) is 0.467. The second-order valence-corrected chi connectivity index (χ2v) is 5.50. The van der Waals surface area contributed by atoms with Crippen LogP contribution in [0.4, 0.5) is 14.9 Å². The van der Waals surface area contributed by atoms with Crippen molar-refractivity contribution in [3.05, 3.63) is 29.6 Å². The van der Waals surface area contributed by atoms with Gasteiger partial charge in [-0.2, -0.15) is 0 Å². The van der Waals surface area contributed by atoms with Gasteiger partial charge in [0.25, 0.3) is 0 Å². The predicted octanol–water partition coefficient (Wildman–Crippen LogP) is 3.08. The number of anilines is 1. The number of carboxylic acids is 1. The first-order valence-electron chi connectivity index (χ1n) is 7.05. The molecule has 0 spiro atoms. The number of aromatic carboxylic acids is 1. The van der Waals surface area contributed by atoms with Crippen LogP contribution >= 0.6 is 0 Å². The lowest BCUT2D eigenvalue weighted by molar-refractivity contribution is 0.0697. The number of rotatable bonds is 4. The summed E-state index contributed by atoms with van der Waals surface area (Å²) in [6.07, 6.45) is 3.45. The number of urea groups is 1. The quantitative estimate of drug-likeness (QED) is 0.798. The molecule has 114 valence electrons. The summed E-state index contributed by atoms with van der Waals surface area (Å²) >= 11 is 0. The molecule has 1 aliphatic carbocycles. The zero-order chi connectivity index (χ0) is 15.4. The third-order valence-electron chi connectivity index (χ3n) is 4.02. The van der Waals surface area contributed by atoms with Gasteiger partial charge in [0, 0.05) is 6.54 Å². The minimum Gasteiger partial charge on any atom is -0.478 e. The van der Waals surface area contributed by atoms with Crippen LogP contribution in [-0.2, 0) is 0 Å². The Hall–Kier alpha value is -2.11. The molecule has 1 fully saturated rings. The number of hydrogen-bond donors (Lipinski definition) is 3. The molecule has 1 aromatic carbocycles. The van der Waals surface area contributed by atoms with E-state index in [4.69, 9.17) is 5.11 Å². The summed E-state index contributed by atoms with van der Waals surface area (Å²) in [6, 6.07) is 2.78. The highest BCUT2D eigenvalue weighted by Crippen LogP contribution is 2.30. The van der Waals surface area contributed by atoms with E-state index in [0.717, 1.165) is 18.6 Å². The first kappa shape index (κ1) is 15.3. The Morgan fingerprint density at radius 3 is 2.76 bits per heavy atom. The van der Waals surface area contributed by atoms with Crippen molar-refractivity contribution in [2.75, 3.05) is 11.9 Å². The first-order valence-corrected chi connectivity index (χ1v) is 7.05. The molecule has 21 heavy (non-hydrogen) atoms. The Morgan fingerprint density at radius 1 is 1.38 bits per heavy atom. The third kappa shape index (κ3) is 3.93. The zero-order valence-electron chi connectivity index (χ0n) is 11.9. The highest BCUT2D eigenvalue weighted by molar-refractivity contribution is 5.99. The summed E-state index contributed by atoms with van der Waals surface area (Å²) < 4.78 is 13.0. The number of amides is 2. The van der Waals surface area contributed by atoms with E-state index in [1.807, 2.05) is 0 Å². The lowest BCUT2D eigenvalue weighted by Gasteiger charge is -2.16. The molecular formula is C15H19FN2O3. The summed E-state index contributed by atoms with van der Waals surface area (Å²) in [7, 11) is 0. The molecule has 0 heterocycles. The molecule has 0 saturated heterocycles. The maximum absolute atomic E-state index is 13.0. The first-order chi connectivity index (χ1) is 9.97. The number of hydrogen-bond acceptors (Lipinski definition) is 2. The molecule has 0 aliphatic heterocycles. The minimum absolute atomic E-state index is 0.0841. The Morgan fingerprint density at radius 2 is 2.14 bits per heavy atom. The molecular weight excluding hydrogens is 275 g/mol. The van der Waals surface area contributed by atoms with Gasteiger partial charge in [-0.1, -0.05) is 19.8 Å². The molecule has 2 amide bonds. The molecule has 1 aliphatic rings. The summed E-state index contributed by atoms with van der Waals surface area (Å²) in [5.41, 5.74) is -0.180. The van der Waals surface area contributed by atoms with Crippen LogP contribution in [0.5, 0.6) is 0 Å². The second kappa shape index (κ2) is 6.56. The van der Waals surface area contributed by atoms with Gasteiger partial charge in [-0.15, -0.1) is 0 Å². The van der Waals surface area contributed by atoms with Gasteiger partial charge in [-0.05, 0) is 36.5 Å². The van der Waals surface area contributed by atoms with E-state index < -0.39 is 17.8 Å². The lowest BCUT2D eigenvalue weighted by Crippen LogP contribution is -2.34. The minimum atomic E-state index is -1.28. The van der Waals surface area contributed by atoms with Crippen LogP contribution in [0.3, 0.4) is 0 Å². The van der Waals surface area contributed by atoms with E-state index in [9.17, 15) is 14.0 Å². The molecule has 3 N–H and O–H groups in total. The van der Waals surface area contributed by atoms with Crippen LogP contribution in [0, 0.1) is 17.7 Å². The Kier molecular flexibility index (Phi) is 4.77. The van der Waals surface area contributed by atoms with Crippen molar-refractivity contribution in [2.24, 2.45) is 11.8 Å². The van der Waals surface area contributed by atoms with Crippen molar-refractivity contribution in [3.63, 3.8) is 0 Å². The topological polar surface area (TPSA) is 78.4 Å². The van der Waals surface area contributed by atoms with E-state index in [0.29, 0.717) is 18.4 Å². The van der Waals surface area contributed by atoms with E-state index in [-0.39, 0.29) is 11.3 Å². The van der Waals surface area contributed by atoms with Crippen molar-refractivity contribution < 1.29 is 19.1 Å².